The van der Waals surface area contributed by atoms with Crippen molar-refractivity contribution >= 4 is 6.29 Å². The van der Waals surface area contributed by atoms with Gasteiger partial charge in [0.05, 0.1) is 0 Å². The van der Waals surface area contributed by atoms with Gasteiger partial charge in [0.15, 0.2) is 0 Å². The third kappa shape index (κ3) is 4.89. The molecule has 1 aromatic rings. The molecular formula is C12H13F3O2. The molecule has 17 heavy (non-hydrogen) atoms. The molecular weight excluding hydrogens is 233 g/mol. The Bertz CT molecular complexity index is 380. The van der Waals surface area contributed by atoms with Gasteiger partial charge in [-0.05, 0) is 24.1 Å². The molecule has 0 aliphatic heterocycles. The molecule has 0 N–H and O–H groups in total. The molecule has 0 aliphatic rings. The largest absolute Gasteiger partial charge is 0.573 e. The number of alkyl halides is 3. The van der Waals surface area contributed by atoms with Crippen molar-refractivity contribution in [1.29, 1.82) is 0 Å². The summed E-state index contributed by atoms with van der Waals surface area (Å²) in [5, 5.41) is 0. The number of halogens is 3. The average Bonchev–Trinajstić information content (AvgIpc) is 2.19. The number of rotatable bonds is 4. The maximum atomic E-state index is 11.9. The Labute approximate surface area is 97.4 Å². The molecule has 0 aromatic heterocycles. The van der Waals surface area contributed by atoms with E-state index in [9.17, 15) is 18.0 Å². The van der Waals surface area contributed by atoms with Crippen LogP contribution < -0.4 is 4.74 Å². The minimum Gasteiger partial charge on any atom is -0.406 e. The summed E-state index contributed by atoms with van der Waals surface area (Å²) in [7, 11) is 0. The summed E-state index contributed by atoms with van der Waals surface area (Å²) in [5.74, 6) is -0.259. The standard InChI is InChI=1S/C12H13F3O2/c1-11(2,8-16)7-9-3-5-10(6-4-9)17-12(13,14)15/h3-6,8H,7H2,1-2H3. The third-order valence-corrected chi connectivity index (χ3v) is 2.14. The fraction of sp³-hybridized carbons (Fsp3) is 0.417. The Balaban J connectivity index is 2.72. The third-order valence-electron chi connectivity index (χ3n) is 2.14. The Morgan fingerprint density at radius 3 is 2.12 bits per heavy atom. The molecule has 0 bridgehead atoms. The van der Waals surface area contributed by atoms with Crippen LogP contribution in [0.15, 0.2) is 24.3 Å². The number of ether oxygens (including phenoxy) is 1. The van der Waals surface area contributed by atoms with E-state index in [1.807, 2.05) is 0 Å². The molecule has 1 aromatic carbocycles. The van der Waals surface area contributed by atoms with Crippen LogP contribution in [-0.4, -0.2) is 12.6 Å². The van der Waals surface area contributed by atoms with Crippen LogP contribution in [0.2, 0.25) is 0 Å². The maximum Gasteiger partial charge on any atom is 0.573 e. The lowest BCUT2D eigenvalue weighted by atomic mass is 9.87. The lowest BCUT2D eigenvalue weighted by molar-refractivity contribution is -0.274. The number of benzene rings is 1. The quantitative estimate of drug-likeness (QED) is 0.761. The zero-order valence-electron chi connectivity index (χ0n) is 9.54. The topological polar surface area (TPSA) is 26.3 Å². The number of aldehydes is 1. The summed E-state index contributed by atoms with van der Waals surface area (Å²) in [4.78, 5) is 10.7. The van der Waals surface area contributed by atoms with Gasteiger partial charge in [-0.3, -0.25) is 0 Å². The van der Waals surface area contributed by atoms with Crippen molar-refractivity contribution in [2.75, 3.05) is 0 Å². The van der Waals surface area contributed by atoms with Crippen molar-refractivity contribution in [1.82, 2.24) is 0 Å². The molecule has 1 rings (SSSR count). The van der Waals surface area contributed by atoms with Crippen LogP contribution in [0.1, 0.15) is 19.4 Å². The second-order valence-corrected chi connectivity index (χ2v) is 4.47. The number of hydrogen-bond donors (Lipinski definition) is 0. The summed E-state index contributed by atoms with van der Waals surface area (Å²) in [6.07, 6.45) is -3.38. The molecule has 0 heterocycles. The average molecular weight is 246 g/mol. The highest BCUT2D eigenvalue weighted by Gasteiger charge is 2.31. The highest BCUT2D eigenvalue weighted by atomic mass is 19.4. The van der Waals surface area contributed by atoms with Crippen LogP contribution >= 0.6 is 0 Å². The second-order valence-electron chi connectivity index (χ2n) is 4.47. The van der Waals surface area contributed by atoms with Gasteiger partial charge in [-0.25, -0.2) is 0 Å². The van der Waals surface area contributed by atoms with Gasteiger partial charge in [-0.2, -0.15) is 0 Å². The van der Waals surface area contributed by atoms with E-state index in [4.69, 9.17) is 0 Å². The molecule has 5 heteroatoms. The first-order chi connectivity index (χ1) is 7.72. The highest BCUT2D eigenvalue weighted by molar-refractivity contribution is 5.58. The van der Waals surface area contributed by atoms with Crippen LogP contribution in [0.5, 0.6) is 5.75 Å². The lowest BCUT2D eigenvalue weighted by Crippen LogP contribution is -2.18. The first kappa shape index (κ1) is 13.5. The fourth-order valence-electron chi connectivity index (χ4n) is 1.38. The first-order valence-corrected chi connectivity index (χ1v) is 5.03. The van der Waals surface area contributed by atoms with Crippen molar-refractivity contribution in [2.45, 2.75) is 26.6 Å². The fourth-order valence-corrected chi connectivity index (χ4v) is 1.38. The smallest absolute Gasteiger partial charge is 0.406 e. The van der Waals surface area contributed by atoms with E-state index >= 15 is 0 Å². The van der Waals surface area contributed by atoms with Gasteiger partial charge in [-0.15, -0.1) is 13.2 Å². The number of carbonyl (C=O) groups is 1. The minimum atomic E-state index is -4.68. The zero-order chi connectivity index (χ0) is 13.1. The predicted octanol–water partition coefficient (Wildman–Crippen LogP) is 3.35. The summed E-state index contributed by atoms with van der Waals surface area (Å²) in [6.45, 7) is 3.53. The van der Waals surface area contributed by atoms with Crippen molar-refractivity contribution in [3.05, 3.63) is 29.8 Å². The highest BCUT2D eigenvalue weighted by Crippen LogP contribution is 2.25. The first-order valence-electron chi connectivity index (χ1n) is 5.03. The SMILES string of the molecule is CC(C)(C=O)Cc1ccc(OC(F)(F)F)cc1. The van der Waals surface area contributed by atoms with E-state index in [2.05, 4.69) is 4.74 Å². The molecule has 2 nitrogen and oxygen atoms in total. The van der Waals surface area contributed by atoms with Crippen molar-refractivity contribution < 1.29 is 22.7 Å². The molecule has 0 saturated carbocycles. The van der Waals surface area contributed by atoms with Gasteiger partial charge in [0.25, 0.3) is 0 Å². The summed E-state index contributed by atoms with van der Waals surface area (Å²) in [5.41, 5.74) is 0.267. The van der Waals surface area contributed by atoms with E-state index in [1.165, 1.54) is 24.3 Å². The molecule has 0 amide bonds. The van der Waals surface area contributed by atoms with Crippen LogP contribution in [0, 0.1) is 5.41 Å². The second kappa shape index (κ2) is 4.77. The van der Waals surface area contributed by atoms with Gasteiger partial charge in [-0.1, -0.05) is 26.0 Å². The molecule has 0 radical (unpaired) electrons. The Kier molecular flexibility index (Phi) is 3.80. The Morgan fingerprint density at radius 1 is 1.18 bits per heavy atom. The molecule has 94 valence electrons. The van der Waals surface area contributed by atoms with Gasteiger partial charge < -0.3 is 9.53 Å². The van der Waals surface area contributed by atoms with Crippen LogP contribution in [-0.2, 0) is 11.2 Å². The number of hydrogen-bond acceptors (Lipinski definition) is 2. The van der Waals surface area contributed by atoms with Crippen molar-refractivity contribution in [3.63, 3.8) is 0 Å². The normalized spacial score (nSPS) is 12.3. The summed E-state index contributed by atoms with van der Waals surface area (Å²) >= 11 is 0. The lowest BCUT2D eigenvalue weighted by Gasteiger charge is -2.16. The van der Waals surface area contributed by atoms with E-state index in [1.54, 1.807) is 13.8 Å². The minimum absolute atomic E-state index is 0.259. The Morgan fingerprint density at radius 2 is 1.71 bits per heavy atom. The maximum absolute atomic E-state index is 11.9. The van der Waals surface area contributed by atoms with E-state index in [-0.39, 0.29) is 5.75 Å². The van der Waals surface area contributed by atoms with Crippen LogP contribution in [0.3, 0.4) is 0 Å². The molecule has 0 saturated heterocycles. The van der Waals surface area contributed by atoms with E-state index in [0.29, 0.717) is 6.42 Å². The summed E-state index contributed by atoms with van der Waals surface area (Å²) in [6, 6.07) is 5.52. The van der Waals surface area contributed by atoms with Gasteiger partial charge in [0, 0.05) is 5.41 Å². The van der Waals surface area contributed by atoms with Gasteiger partial charge in [0.1, 0.15) is 12.0 Å². The summed E-state index contributed by atoms with van der Waals surface area (Å²) < 4.78 is 39.4. The van der Waals surface area contributed by atoms with Crippen molar-refractivity contribution in [3.8, 4) is 5.75 Å². The van der Waals surface area contributed by atoms with Crippen LogP contribution in [0.25, 0.3) is 0 Å². The number of carbonyl (C=O) groups excluding carboxylic acids is 1. The van der Waals surface area contributed by atoms with Crippen molar-refractivity contribution in [2.24, 2.45) is 5.41 Å². The van der Waals surface area contributed by atoms with Gasteiger partial charge in [0.2, 0.25) is 0 Å². The Hall–Kier alpha value is -1.52. The zero-order valence-corrected chi connectivity index (χ0v) is 9.54. The monoisotopic (exact) mass is 246 g/mol. The van der Waals surface area contributed by atoms with E-state index in [0.717, 1.165) is 11.8 Å². The molecule has 0 aliphatic carbocycles. The molecule has 0 spiro atoms. The molecule has 0 unspecified atom stereocenters. The van der Waals surface area contributed by atoms with E-state index < -0.39 is 11.8 Å². The molecule has 0 atom stereocenters. The predicted molar refractivity (Wildman–Crippen MR) is 56.7 cm³/mol. The molecule has 0 fully saturated rings. The van der Waals surface area contributed by atoms with Crippen LogP contribution in [0.4, 0.5) is 13.2 Å². The van der Waals surface area contributed by atoms with Gasteiger partial charge >= 0.3 is 6.36 Å².